The SMILES string of the molecule is CCCC1OCCCC1C(N)=O. The molecule has 1 aliphatic rings. The van der Waals surface area contributed by atoms with Gasteiger partial charge in [-0.25, -0.2) is 0 Å². The highest BCUT2D eigenvalue weighted by molar-refractivity contribution is 5.77. The van der Waals surface area contributed by atoms with Crippen molar-refractivity contribution in [3.63, 3.8) is 0 Å². The molecule has 2 atom stereocenters. The monoisotopic (exact) mass is 171 g/mol. The summed E-state index contributed by atoms with van der Waals surface area (Å²) < 4.78 is 5.49. The second-order valence-electron chi connectivity index (χ2n) is 3.35. The van der Waals surface area contributed by atoms with E-state index >= 15 is 0 Å². The number of hydrogen-bond acceptors (Lipinski definition) is 2. The van der Waals surface area contributed by atoms with Crippen molar-refractivity contribution in [3.8, 4) is 0 Å². The van der Waals surface area contributed by atoms with E-state index < -0.39 is 0 Å². The van der Waals surface area contributed by atoms with Crippen LogP contribution in [0.15, 0.2) is 0 Å². The predicted molar refractivity (Wildman–Crippen MR) is 46.6 cm³/mol. The van der Waals surface area contributed by atoms with E-state index in [2.05, 4.69) is 6.92 Å². The van der Waals surface area contributed by atoms with Gasteiger partial charge in [0, 0.05) is 6.61 Å². The molecule has 3 heteroatoms. The van der Waals surface area contributed by atoms with Crippen molar-refractivity contribution in [2.75, 3.05) is 6.61 Å². The Morgan fingerprint density at radius 2 is 2.42 bits per heavy atom. The summed E-state index contributed by atoms with van der Waals surface area (Å²) in [4.78, 5) is 11.0. The van der Waals surface area contributed by atoms with Gasteiger partial charge in [-0.1, -0.05) is 13.3 Å². The maximum atomic E-state index is 11.0. The summed E-state index contributed by atoms with van der Waals surface area (Å²) in [6, 6.07) is 0. The average Bonchev–Trinajstić information content (AvgIpc) is 2.05. The Morgan fingerprint density at radius 1 is 1.67 bits per heavy atom. The lowest BCUT2D eigenvalue weighted by atomic mass is 9.91. The van der Waals surface area contributed by atoms with E-state index in [4.69, 9.17) is 10.5 Å². The molecule has 0 bridgehead atoms. The minimum Gasteiger partial charge on any atom is -0.377 e. The van der Waals surface area contributed by atoms with Gasteiger partial charge in [0.1, 0.15) is 0 Å². The van der Waals surface area contributed by atoms with Gasteiger partial charge >= 0.3 is 0 Å². The molecule has 0 saturated carbocycles. The number of hydrogen-bond donors (Lipinski definition) is 1. The third kappa shape index (κ3) is 2.21. The fourth-order valence-electron chi connectivity index (χ4n) is 1.73. The van der Waals surface area contributed by atoms with Crippen LogP contribution in [0.3, 0.4) is 0 Å². The van der Waals surface area contributed by atoms with Crippen molar-refractivity contribution in [1.29, 1.82) is 0 Å². The first kappa shape index (κ1) is 9.52. The lowest BCUT2D eigenvalue weighted by Crippen LogP contribution is -2.38. The van der Waals surface area contributed by atoms with E-state index in [9.17, 15) is 4.79 Å². The number of carbonyl (C=O) groups excluding carboxylic acids is 1. The molecule has 0 radical (unpaired) electrons. The zero-order valence-electron chi connectivity index (χ0n) is 7.58. The van der Waals surface area contributed by atoms with E-state index in [0.717, 1.165) is 32.3 Å². The highest BCUT2D eigenvalue weighted by Crippen LogP contribution is 2.23. The summed E-state index contributed by atoms with van der Waals surface area (Å²) in [5.74, 6) is -0.244. The Hall–Kier alpha value is -0.570. The number of nitrogens with two attached hydrogens (primary N) is 1. The fourth-order valence-corrected chi connectivity index (χ4v) is 1.73. The fraction of sp³-hybridized carbons (Fsp3) is 0.889. The van der Waals surface area contributed by atoms with Crippen molar-refractivity contribution in [1.82, 2.24) is 0 Å². The smallest absolute Gasteiger partial charge is 0.223 e. The maximum absolute atomic E-state index is 11.0. The quantitative estimate of drug-likeness (QED) is 0.690. The largest absolute Gasteiger partial charge is 0.377 e. The summed E-state index contributed by atoms with van der Waals surface area (Å²) in [5, 5.41) is 0. The van der Waals surface area contributed by atoms with Gasteiger partial charge in [0.2, 0.25) is 5.91 Å². The molecule has 2 unspecified atom stereocenters. The van der Waals surface area contributed by atoms with E-state index in [1.54, 1.807) is 0 Å². The van der Waals surface area contributed by atoms with Crippen LogP contribution in [0.5, 0.6) is 0 Å². The molecule has 1 amide bonds. The van der Waals surface area contributed by atoms with Crippen LogP contribution in [0.2, 0.25) is 0 Å². The van der Waals surface area contributed by atoms with E-state index in [0.29, 0.717) is 0 Å². The highest BCUT2D eigenvalue weighted by atomic mass is 16.5. The van der Waals surface area contributed by atoms with Crippen LogP contribution in [0.4, 0.5) is 0 Å². The lowest BCUT2D eigenvalue weighted by Gasteiger charge is -2.29. The molecular formula is C9H17NO2. The predicted octanol–water partition coefficient (Wildman–Crippen LogP) is 1.07. The normalized spacial score (nSPS) is 30.1. The highest BCUT2D eigenvalue weighted by Gasteiger charge is 2.29. The summed E-state index contributed by atoms with van der Waals surface area (Å²) in [6.07, 6.45) is 3.96. The summed E-state index contributed by atoms with van der Waals surface area (Å²) in [5.41, 5.74) is 5.27. The molecule has 12 heavy (non-hydrogen) atoms. The van der Waals surface area contributed by atoms with E-state index in [-0.39, 0.29) is 17.9 Å². The van der Waals surface area contributed by atoms with Gasteiger partial charge in [0.15, 0.2) is 0 Å². The van der Waals surface area contributed by atoms with Crippen LogP contribution in [0.1, 0.15) is 32.6 Å². The second-order valence-corrected chi connectivity index (χ2v) is 3.35. The molecule has 70 valence electrons. The molecule has 1 rings (SSSR count). The molecule has 0 spiro atoms. The minimum atomic E-state index is -0.201. The first-order valence-electron chi connectivity index (χ1n) is 4.66. The zero-order valence-corrected chi connectivity index (χ0v) is 7.58. The van der Waals surface area contributed by atoms with Crippen molar-refractivity contribution < 1.29 is 9.53 Å². The van der Waals surface area contributed by atoms with Crippen LogP contribution in [-0.2, 0) is 9.53 Å². The first-order chi connectivity index (χ1) is 5.75. The van der Waals surface area contributed by atoms with Gasteiger partial charge in [-0.3, -0.25) is 4.79 Å². The Morgan fingerprint density at radius 3 is 3.00 bits per heavy atom. The zero-order chi connectivity index (χ0) is 8.97. The Labute approximate surface area is 73.3 Å². The Bertz CT molecular complexity index is 157. The van der Waals surface area contributed by atoms with Gasteiger partial charge < -0.3 is 10.5 Å². The van der Waals surface area contributed by atoms with Gasteiger partial charge in [-0.2, -0.15) is 0 Å². The molecular weight excluding hydrogens is 154 g/mol. The third-order valence-corrected chi connectivity index (χ3v) is 2.38. The van der Waals surface area contributed by atoms with Gasteiger partial charge in [-0.05, 0) is 19.3 Å². The molecule has 0 aliphatic carbocycles. The summed E-state index contributed by atoms with van der Waals surface area (Å²) in [6.45, 7) is 2.88. The third-order valence-electron chi connectivity index (χ3n) is 2.38. The van der Waals surface area contributed by atoms with E-state index in [1.165, 1.54) is 0 Å². The van der Waals surface area contributed by atoms with Crippen molar-refractivity contribution in [2.24, 2.45) is 11.7 Å². The molecule has 0 aromatic rings. The number of amides is 1. The second kappa shape index (κ2) is 4.45. The molecule has 2 N–H and O–H groups in total. The van der Waals surface area contributed by atoms with E-state index in [1.807, 2.05) is 0 Å². The summed E-state index contributed by atoms with van der Waals surface area (Å²) in [7, 11) is 0. The lowest BCUT2D eigenvalue weighted by molar-refractivity contribution is -0.131. The van der Waals surface area contributed by atoms with Crippen LogP contribution in [0.25, 0.3) is 0 Å². The Kier molecular flexibility index (Phi) is 3.53. The summed E-state index contributed by atoms with van der Waals surface area (Å²) >= 11 is 0. The van der Waals surface area contributed by atoms with Gasteiger partial charge in [0.25, 0.3) is 0 Å². The standard InChI is InChI=1S/C9H17NO2/c1-2-4-8-7(9(10)11)5-3-6-12-8/h7-8H,2-6H2,1H3,(H2,10,11). The van der Waals surface area contributed by atoms with Crippen molar-refractivity contribution in [3.05, 3.63) is 0 Å². The molecule has 1 aliphatic heterocycles. The Balaban J connectivity index is 2.48. The van der Waals surface area contributed by atoms with Crippen LogP contribution in [-0.4, -0.2) is 18.6 Å². The minimum absolute atomic E-state index is 0.0429. The molecule has 1 saturated heterocycles. The van der Waals surface area contributed by atoms with Gasteiger partial charge in [-0.15, -0.1) is 0 Å². The first-order valence-corrected chi connectivity index (χ1v) is 4.66. The van der Waals surface area contributed by atoms with Crippen LogP contribution >= 0.6 is 0 Å². The van der Waals surface area contributed by atoms with Crippen LogP contribution in [0, 0.1) is 5.92 Å². The molecule has 0 aromatic carbocycles. The van der Waals surface area contributed by atoms with Crippen LogP contribution < -0.4 is 5.73 Å². The van der Waals surface area contributed by atoms with Gasteiger partial charge in [0.05, 0.1) is 12.0 Å². The number of carbonyl (C=O) groups is 1. The number of primary amides is 1. The van der Waals surface area contributed by atoms with Crippen molar-refractivity contribution in [2.45, 2.75) is 38.7 Å². The van der Waals surface area contributed by atoms with Crippen molar-refractivity contribution >= 4 is 5.91 Å². The molecule has 1 heterocycles. The molecule has 3 nitrogen and oxygen atoms in total. The molecule has 1 fully saturated rings. The topological polar surface area (TPSA) is 52.3 Å². The number of rotatable bonds is 3. The maximum Gasteiger partial charge on any atom is 0.223 e. The molecule has 0 aromatic heterocycles. The number of ether oxygens (including phenoxy) is 1. The average molecular weight is 171 g/mol.